The Kier molecular flexibility index (Phi) is 6.72. The topological polar surface area (TPSA) is 64.4 Å². The van der Waals surface area contributed by atoms with E-state index in [2.05, 4.69) is 11.7 Å². The van der Waals surface area contributed by atoms with Crippen LogP contribution in [0.4, 0.5) is 0 Å². The molecule has 0 unspecified atom stereocenters. The number of methoxy groups -OCH3 is 1. The maximum Gasteiger partial charge on any atom is 0.274 e. The van der Waals surface area contributed by atoms with Gasteiger partial charge in [-0.25, -0.2) is 4.68 Å². The Morgan fingerprint density at radius 1 is 1.46 bits per heavy atom. The molecule has 0 aliphatic rings. The molecule has 0 fully saturated rings. The van der Waals surface area contributed by atoms with E-state index in [1.165, 1.54) is 35.3 Å². The summed E-state index contributed by atoms with van der Waals surface area (Å²) >= 11 is 7.35. The molecule has 0 spiro atoms. The molecule has 2 aromatic heterocycles. The summed E-state index contributed by atoms with van der Waals surface area (Å²) in [5.74, 6) is -0.273. The summed E-state index contributed by atoms with van der Waals surface area (Å²) in [4.78, 5) is 27.1. The van der Waals surface area contributed by atoms with Crippen molar-refractivity contribution in [3.8, 4) is 0 Å². The van der Waals surface area contributed by atoms with E-state index in [4.69, 9.17) is 16.3 Å². The standard InChI is InChI=1S/C16H18ClN3O3S/c1-3-8-19(11-12-4-6-14(17)24-12)16(22)13-5-7-15(21)20(18-13)9-10-23-2/h3-7H,1,8-11H2,2H3. The van der Waals surface area contributed by atoms with E-state index < -0.39 is 0 Å². The van der Waals surface area contributed by atoms with Crippen molar-refractivity contribution in [2.45, 2.75) is 13.1 Å². The van der Waals surface area contributed by atoms with Gasteiger partial charge < -0.3 is 9.64 Å². The smallest absolute Gasteiger partial charge is 0.274 e. The molecule has 128 valence electrons. The van der Waals surface area contributed by atoms with Crippen LogP contribution in [0.5, 0.6) is 0 Å². The molecule has 0 saturated carbocycles. The average Bonchev–Trinajstić information content (AvgIpc) is 2.98. The molecular formula is C16H18ClN3O3S. The highest BCUT2D eigenvalue weighted by Crippen LogP contribution is 2.23. The summed E-state index contributed by atoms with van der Waals surface area (Å²) in [6, 6.07) is 6.44. The molecule has 0 radical (unpaired) electrons. The third-order valence-corrected chi connectivity index (χ3v) is 4.42. The van der Waals surface area contributed by atoms with Crippen LogP contribution in [0.1, 0.15) is 15.4 Å². The predicted octanol–water partition coefficient (Wildman–Crippen LogP) is 2.43. The molecule has 0 saturated heterocycles. The number of carbonyl (C=O) groups excluding carboxylic acids is 1. The Bertz CT molecular complexity index is 772. The lowest BCUT2D eigenvalue weighted by molar-refractivity contribution is 0.0754. The Labute approximate surface area is 148 Å². The first kappa shape index (κ1) is 18.4. The third-order valence-electron chi connectivity index (χ3n) is 3.21. The molecule has 0 aromatic carbocycles. The summed E-state index contributed by atoms with van der Waals surface area (Å²) in [7, 11) is 1.54. The first-order chi connectivity index (χ1) is 11.5. The average molecular weight is 368 g/mol. The van der Waals surface area contributed by atoms with Crippen LogP contribution in [0.15, 0.2) is 41.7 Å². The second-order valence-electron chi connectivity index (χ2n) is 4.95. The molecule has 8 heteroatoms. The van der Waals surface area contributed by atoms with Gasteiger partial charge in [-0.15, -0.1) is 17.9 Å². The maximum absolute atomic E-state index is 12.7. The fraction of sp³-hybridized carbons (Fsp3) is 0.312. The normalized spacial score (nSPS) is 10.6. The minimum absolute atomic E-state index is 0.204. The van der Waals surface area contributed by atoms with E-state index in [9.17, 15) is 9.59 Å². The SMILES string of the molecule is C=CCN(Cc1ccc(Cl)s1)C(=O)c1ccc(=O)n(CCOC)n1. The van der Waals surface area contributed by atoms with Gasteiger partial charge in [0.25, 0.3) is 11.5 Å². The second-order valence-corrected chi connectivity index (χ2v) is 6.75. The van der Waals surface area contributed by atoms with Gasteiger partial charge in [0.2, 0.25) is 0 Å². The van der Waals surface area contributed by atoms with Crippen molar-refractivity contribution < 1.29 is 9.53 Å². The summed E-state index contributed by atoms with van der Waals surface area (Å²) in [5.41, 5.74) is -0.0703. The molecular weight excluding hydrogens is 350 g/mol. The van der Waals surface area contributed by atoms with Gasteiger partial charge in [-0.05, 0) is 18.2 Å². The van der Waals surface area contributed by atoms with E-state index in [0.29, 0.717) is 30.6 Å². The van der Waals surface area contributed by atoms with E-state index in [1.807, 2.05) is 6.07 Å². The van der Waals surface area contributed by atoms with Gasteiger partial charge in [0.05, 0.1) is 24.0 Å². The summed E-state index contributed by atoms with van der Waals surface area (Å²) < 4.78 is 6.84. The van der Waals surface area contributed by atoms with Crippen molar-refractivity contribution in [1.82, 2.24) is 14.7 Å². The number of halogens is 1. The second kappa shape index (κ2) is 8.77. The van der Waals surface area contributed by atoms with Gasteiger partial charge >= 0.3 is 0 Å². The molecule has 1 amide bonds. The van der Waals surface area contributed by atoms with E-state index in [-0.39, 0.29) is 17.2 Å². The van der Waals surface area contributed by atoms with Gasteiger partial charge in [-0.3, -0.25) is 9.59 Å². The van der Waals surface area contributed by atoms with Crippen molar-refractivity contribution in [3.63, 3.8) is 0 Å². The van der Waals surface area contributed by atoms with Gasteiger partial charge in [-0.2, -0.15) is 5.10 Å². The van der Waals surface area contributed by atoms with Crippen LogP contribution in [0.2, 0.25) is 4.34 Å². The number of nitrogens with zero attached hydrogens (tertiary/aromatic N) is 3. The predicted molar refractivity (Wildman–Crippen MR) is 94.6 cm³/mol. The molecule has 2 aromatic rings. The van der Waals surface area contributed by atoms with Crippen LogP contribution < -0.4 is 5.56 Å². The Morgan fingerprint density at radius 3 is 2.88 bits per heavy atom. The minimum atomic E-state index is -0.274. The lowest BCUT2D eigenvalue weighted by atomic mass is 10.3. The zero-order valence-electron chi connectivity index (χ0n) is 13.3. The summed E-state index contributed by atoms with van der Waals surface area (Å²) in [6.45, 7) is 5.09. The van der Waals surface area contributed by atoms with Crippen LogP contribution >= 0.6 is 22.9 Å². The lowest BCUT2D eigenvalue weighted by Gasteiger charge is -2.20. The number of hydrogen-bond acceptors (Lipinski definition) is 5. The van der Waals surface area contributed by atoms with Crippen LogP contribution in [-0.4, -0.2) is 40.8 Å². The fourth-order valence-electron chi connectivity index (χ4n) is 2.06. The Morgan fingerprint density at radius 2 is 2.25 bits per heavy atom. The number of aromatic nitrogens is 2. The molecule has 0 atom stereocenters. The van der Waals surface area contributed by atoms with Crippen molar-refractivity contribution in [1.29, 1.82) is 0 Å². The minimum Gasteiger partial charge on any atom is -0.383 e. The molecule has 2 heterocycles. The first-order valence-corrected chi connectivity index (χ1v) is 8.46. The van der Waals surface area contributed by atoms with Crippen molar-refractivity contribution >= 4 is 28.8 Å². The number of thiophene rings is 1. The third kappa shape index (κ3) is 4.77. The summed E-state index contributed by atoms with van der Waals surface area (Å²) in [6.07, 6.45) is 1.65. The molecule has 24 heavy (non-hydrogen) atoms. The molecule has 0 bridgehead atoms. The quantitative estimate of drug-likeness (QED) is 0.672. The van der Waals surface area contributed by atoms with Crippen molar-refractivity contribution in [2.24, 2.45) is 0 Å². The van der Waals surface area contributed by atoms with Gasteiger partial charge in [0.15, 0.2) is 0 Å². The first-order valence-electron chi connectivity index (χ1n) is 7.26. The molecule has 0 aliphatic carbocycles. The lowest BCUT2D eigenvalue weighted by Crippen LogP contribution is -2.34. The Hall–Kier alpha value is -1.96. The van der Waals surface area contributed by atoms with Crippen LogP contribution in [0, 0.1) is 0 Å². The fourth-order valence-corrected chi connectivity index (χ4v) is 3.17. The van der Waals surface area contributed by atoms with E-state index in [1.54, 1.807) is 17.0 Å². The Balaban J connectivity index is 2.22. The van der Waals surface area contributed by atoms with E-state index >= 15 is 0 Å². The number of rotatable bonds is 8. The maximum atomic E-state index is 12.7. The van der Waals surface area contributed by atoms with Gasteiger partial charge in [-0.1, -0.05) is 17.7 Å². The van der Waals surface area contributed by atoms with E-state index in [0.717, 1.165) is 4.88 Å². The largest absolute Gasteiger partial charge is 0.383 e. The van der Waals surface area contributed by atoms with Crippen LogP contribution in [0.3, 0.4) is 0 Å². The van der Waals surface area contributed by atoms with Crippen LogP contribution in [0.25, 0.3) is 0 Å². The summed E-state index contributed by atoms with van der Waals surface area (Å²) in [5, 5.41) is 4.14. The van der Waals surface area contributed by atoms with Crippen molar-refractivity contribution in [2.75, 3.05) is 20.3 Å². The highest BCUT2D eigenvalue weighted by molar-refractivity contribution is 7.16. The number of amides is 1. The van der Waals surface area contributed by atoms with Crippen LogP contribution in [-0.2, 0) is 17.8 Å². The number of ether oxygens (including phenoxy) is 1. The monoisotopic (exact) mass is 367 g/mol. The number of hydrogen-bond donors (Lipinski definition) is 0. The molecule has 6 nitrogen and oxygen atoms in total. The van der Waals surface area contributed by atoms with Gasteiger partial charge in [0, 0.05) is 24.6 Å². The zero-order chi connectivity index (χ0) is 17.5. The molecule has 0 aliphatic heterocycles. The molecule has 0 N–H and O–H groups in total. The zero-order valence-corrected chi connectivity index (χ0v) is 14.8. The van der Waals surface area contributed by atoms with Gasteiger partial charge in [0.1, 0.15) is 5.69 Å². The van der Waals surface area contributed by atoms with Crippen molar-refractivity contribution in [3.05, 3.63) is 62.2 Å². The number of carbonyl (C=O) groups is 1. The highest BCUT2D eigenvalue weighted by Gasteiger charge is 2.18. The highest BCUT2D eigenvalue weighted by atomic mass is 35.5. The molecule has 2 rings (SSSR count).